The first-order valence-corrected chi connectivity index (χ1v) is 7.39. The molecule has 0 aliphatic carbocycles. The van der Waals surface area contributed by atoms with Gasteiger partial charge in [-0.2, -0.15) is 45.5 Å². The van der Waals surface area contributed by atoms with Crippen LogP contribution in [0.2, 0.25) is 0 Å². The van der Waals surface area contributed by atoms with Crippen LogP contribution in [-0.2, 0) is 32.6 Å². The first-order valence-electron chi connectivity index (χ1n) is 7.39. The molecular weight excluding hydrogens is 390 g/mol. The molecule has 2 aromatic rings. The topological polar surface area (TPSA) is 0 Å². The van der Waals surface area contributed by atoms with Gasteiger partial charge in [0.15, 0.2) is 0 Å². The molecule has 0 heterocycles. The first kappa shape index (κ1) is 27.0. The van der Waals surface area contributed by atoms with Crippen LogP contribution in [0.1, 0.15) is 53.1 Å². The van der Waals surface area contributed by atoms with Crippen molar-refractivity contribution in [2.75, 3.05) is 0 Å². The molecule has 0 amide bonds. The van der Waals surface area contributed by atoms with Gasteiger partial charge < -0.3 is 24.8 Å². The monoisotopic (exact) mass is 416 g/mol. The summed E-state index contributed by atoms with van der Waals surface area (Å²) in [5.74, 6) is 0. The second kappa shape index (κ2) is 13.6. The molecule has 0 unspecified atom stereocenters. The minimum atomic E-state index is 0. The Hall–Kier alpha value is 0.163. The van der Waals surface area contributed by atoms with Gasteiger partial charge in [0.05, 0.1) is 0 Å². The number of aryl methyl sites for hydroxylation is 1. The van der Waals surface area contributed by atoms with Crippen LogP contribution in [0.4, 0.5) is 0 Å². The van der Waals surface area contributed by atoms with Crippen molar-refractivity contribution in [1.82, 2.24) is 0 Å². The van der Waals surface area contributed by atoms with Gasteiger partial charge in [-0.3, -0.25) is 0 Å². The van der Waals surface area contributed by atoms with Crippen LogP contribution in [0.3, 0.4) is 0 Å². The van der Waals surface area contributed by atoms with Crippen molar-refractivity contribution in [3.63, 3.8) is 0 Å². The van der Waals surface area contributed by atoms with E-state index in [4.69, 9.17) is 0 Å². The fraction of sp³-hybridized carbons (Fsp3) is 0.474. The van der Waals surface area contributed by atoms with Crippen LogP contribution in [0.15, 0.2) is 24.3 Å². The molecule has 0 bridgehead atoms. The maximum Gasteiger partial charge on any atom is 4.00 e. The Morgan fingerprint density at radius 1 is 0.864 bits per heavy atom. The van der Waals surface area contributed by atoms with Gasteiger partial charge in [0.25, 0.3) is 0 Å². The van der Waals surface area contributed by atoms with Crippen molar-refractivity contribution in [2.24, 2.45) is 0 Å². The third-order valence-corrected chi connectivity index (χ3v) is 4.36. The van der Waals surface area contributed by atoms with Crippen molar-refractivity contribution in [1.29, 1.82) is 0 Å². The number of hydrogen-bond acceptors (Lipinski definition) is 0. The van der Waals surface area contributed by atoms with Gasteiger partial charge in [0.2, 0.25) is 0 Å². The largest absolute Gasteiger partial charge is 4.00 e. The van der Waals surface area contributed by atoms with Crippen molar-refractivity contribution in [2.45, 2.75) is 60.8 Å². The molecule has 122 valence electrons. The van der Waals surface area contributed by atoms with Gasteiger partial charge in [-0.05, 0) is 0 Å². The van der Waals surface area contributed by atoms with Crippen molar-refractivity contribution < 1.29 is 51.0 Å². The van der Waals surface area contributed by atoms with Crippen LogP contribution in [0.5, 0.6) is 0 Å². The smallest absolute Gasteiger partial charge is 1.00 e. The summed E-state index contributed by atoms with van der Waals surface area (Å²) in [5, 5.41) is 0. The molecule has 22 heavy (non-hydrogen) atoms. The summed E-state index contributed by atoms with van der Waals surface area (Å²) >= 11 is 0. The van der Waals surface area contributed by atoms with Crippen LogP contribution in [0.25, 0.3) is 0 Å². The van der Waals surface area contributed by atoms with E-state index in [1.165, 1.54) is 52.6 Å². The van der Waals surface area contributed by atoms with E-state index in [0.717, 1.165) is 0 Å². The van der Waals surface area contributed by atoms with E-state index in [1.54, 1.807) is 0 Å². The summed E-state index contributed by atoms with van der Waals surface area (Å²) in [6.45, 7) is 13.2. The van der Waals surface area contributed by atoms with E-state index in [9.17, 15) is 0 Å². The SMILES string of the molecule is CCCC[c-]1cccc1.Cc1c(C)c(C)[c-](C)c1C.[Cl-].[Cl-].[Zr+4]. The zero-order valence-electron chi connectivity index (χ0n) is 14.7. The second-order valence-corrected chi connectivity index (χ2v) is 5.52. The van der Waals surface area contributed by atoms with E-state index in [2.05, 4.69) is 65.8 Å². The van der Waals surface area contributed by atoms with Crippen LogP contribution >= 0.6 is 0 Å². The van der Waals surface area contributed by atoms with Gasteiger partial charge in [-0.15, -0.1) is 0 Å². The van der Waals surface area contributed by atoms with E-state index in [1.807, 2.05) is 0 Å². The number of halogens is 2. The fourth-order valence-corrected chi connectivity index (χ4v) is 2.37. The summed E-state index contributed by atoms with van der Waals surface area (Å²) in [6.07, 6.45) is 3.87. The number of unbranched alkanes of at least 4 members (excludes halogenated alkanes) is 1. The molecular formula is C19H28Cl2Zr. The molecule has 0 fully saturated rings. The maximum absolute atomic E-state index is 2.23. The van der Waals surface area contributed by atoms with Gasteiger partial charge in [0.1, 0.15) is 0 Å². The van der Waals surface area contributed by atoms with Crippen LogP contribution in [-0.4, -0.2) is 0 Å². The molecule has 0 nitrogen and oxygen atoms in total. The van der Waals surface area contributed by atoms with Crippen molar-refractivity contribution in [3.8, 4) is 0 Å². The second-order valence-electron chi connectivity index (χ2n) is 5.52. The average Bonchev–Trinajstić information content (AvgIpc) is 2.99. The van der Waals surface area contributed by atoms with Gasteiger partial charge in [-0.25, -0.2) is 12.1 Å². The summed E-state index contributed by atoms with van der Waals surface area (Å²) in [5.41, 5.74) is 8.82. The van der Waals surface area contributed by atoms with Crippen LogP contribution in [0, 0.1) is 34.6 Å². The van der Waals surface area contributed by atoms with Crippen molar-refractivity contribution >= 4 is 0 Å². The fourth-order valence-electron chi connectivity index (χ4n) is 2.37. The van der Waals surface area contributed by atoms with Crippen LogP contribution < -0.4 is 24.8 Å². The summed E-state index contributed by atoms with van der Waals surface area (Å²) in [4.78, 5) is 0. The minimum Gasteiger partial charge on any atom is -1.00 e. The molecule has 0 saturated heterocycles. The Bertz CT molecular complexity index is 416. The zero-order chi connectivity index (χ0) is 14.4. The predicted molar refractivity (Wildman–Crippen MR) is 86.4 cm³/mol. The van der Waals surface area contributed by atoms with Gasteiger partial charge >= 0.3 is 26.2 Å². The first-order chi connectivity index (χ1) is 8.99. The maximum atomic E-state index is 2.23. The van der Waals surface area contributed by atoms with Crippen molar-refractivity contribution in [3.05, 3.63) is 57.6 Å². The Morgan fingerprint density at radius 2 is 1.27 bits per heavy atom. The molecule has 0 aliphatic rings. The van der Waals surface area contributed by atoms with Gasteiger partial charge in [-0.1, -0.05) is 60.8 Å². The molecule has 2 aromatic carbocycles. The molecule has 2 rings (SSSR count). The normalized spacial score (nSPS) is 8.82. The molecule has 0 aromatic heterocycles. The Kier molecular flexibility index (Phi) is 16.7. The summed E-state index contributed by atoms with van der Waals surface area (Å²) in [6, 6.07) is 8.58. The standard InChI is InChI=1S/C10H15.C9H13.2ClH.Zr/c1-6-7(2)9(4)10(5)8(6)3;1-2-3-6-9-7-4-5-8-9;;;/h1-5H3;4-5,7-8H,2-3,6H2,1H3;2*1H;/q2*-1;;;+4/p-2. The Balaban J connectivity index is -0.000000290. The Labute approximate surface area is 168 Å². The molecule has 0 saturated carbocycles. The predicted octanol–water partition coefficient (Wildman–Crippen LogP) is -0.299. The molecule has 0 spiro atoms. The Morgan fingerprint density at radius 3 is 1.55 bits per heavy atom. The van der Waals surface area contributed by atoms with E-state index < -0.39 is 0 Å². The quantitative estimate of drug-likeness (QED) is 0.601. The van der Waals surface area contributed by atoms with Gasteiger partial charge in [0, 0.05) is 0 Å². The third kappa shape index (κ3) is 7.62. The molecule has 3 heteroatoms. The molecule has 0 atom stereocenters. The number of hydrogen-bond donors (Lipinski definition) is 0. The van der Waals surface area contributed by atoms with E-state index in [-0.39, 0.29) is 51.0 Å². The van der Waals surface area contributed by atoms with E-state index in [0.29, 0.717) is 0 Å². The zero-order valence-corrected chi connectivity index (χ0v) is 18.7. The average molecular weight is 419 g/mol. The summed E-state index contributed by atoms with van der Waals surface area (Å²) < 4.78 is 0. The third-order valence-electron chi connectivity index (χ3n) is 4.36. The summed E-state index contributed by atoms with van der Waals surface area (Å²) in [7, 11) is 0. The molecule has 0 radical (unpaired) electrons. The molecule has 0 aliphatic heterocycles. The number of rotatable bonds is 3. The minimum absolute atomic E-state index is 0. The van der Waals surface area contributed by atoms with E-state index >= 15 is 0 Å². The molecule has 0 N–H and O–H groups in total.